The van der Waals surface area contributed by atoms with E-state index in [1.807, 2.05) is 4.90 Å². The third-order valence-electron chi connectivity index (χ3n) is 2.83. The maximum absolute atomic E-state index is 11.1. The fraction of sp³-hybridized carbons (Fsp3) is 0.385. The minimum absolute atomic E-state index is 0.260. The van der Waals surface area contributed by atoms with E-state index in [1.54, 1.807) is 6.20 Å². The topological polar surface area (TPSA) is 53.4 Å². The van der Waals surface area contributed by atoms with Gasteiger partial charge in [-0.25, -0.2) is 4.79 Å². The van der Waals surface area contributed by atoms with Crippen LogP contribution < -0.4 is 4.90 Å². The van der Waals surface area contributed by atoms with E-state index >= 15 is 0 Å². The summed E-state index contributed by atoms with van der Waals surface area (Å²) in [6, 6.07) is 1.51. The molecule has 1 aromatic rings. The van der Waals surface area contributed by atoms with Gasteiger partial charge in [0.1, 0.15) is 0 Å². The van der Waals surface area contributed by atoms with Crippen LogP contribution in [0.1, 0.15) is 23.2 Å². The molecule has 0 aromatic carbocycles. The second-order valence-electron chi connectivity index (χ2n) is 4.23. The molecule has 0 spiro atoms. The number of hydrogen-bond acceptors (Lipinski definition) is 3. The summed E-state index contributed by atoms with van der Waals surface area (Å²) < 4.78 is 0. The Hall–Kier alpha value is -2.02. The second-order valence-corrected chi connectivity index (χ2v) is 4.23. The fourth-order valence-electron chi connectivity index (χ4n) is 1.79. The third kappa shape index (κ3) is 2.76. The molecule has 0 unspecified atom stereocenters. The van der Waals surface area contributed by atoms with Crippen LogP contribution in [-0.4, -0.2) is 29.1 Å². The molecular weight excluding hydrogens is 216 g/mol. The molecule has 1 aromatic heterocycles. The van der Waals surface area contributed by atoms with Gasteiger partial charge >= 0.3 is 5.97 Å². The second kappa shape index (κ2) is 4.88. The first-order chi connectivity index (χ1) is 8.22. The van der Waals surface area contributed by atoms with E-state index in [0.717, 1.165) is 6.54 Å². The molecule has 0 bridgehead atoms. The van der Waals surface area contributed by atoms with Crippen LogP contribution in [-0.2, 0) is 0 Å². The Labute approximate surface area is 100 Å². The number of carboxylic acids is 1. The molecule has 0 atom stereocenters. The Morgan fingerprint density at radius 3 is 3.00 bits per heavy atom. The van der Waals surface area contributed by atoms with Crippen LogP contribution in [0.3, 0.4) is 0 Å². The number of carbonyl (C=O) groups is 1. The molecular formula is C13H14N2O2. The summed E-state index contributed by atoms with van der Waals surface area (Å²) in [6.07, 6.45) is 10.8. The van der Waals surface area contributed by atoms with Gasteiger partial charge in [0, 0.05) is 12.7 Å². The third-order valence-corrected chi connectivity index (χ3v) is 2.83. The number of carboxylic acid groups (broad SMARTS) is 1. The molecule has 1 saturated carbocycles. The Morgan fingerprint density at radius 1 is 1.65 bits per heavy atom. The van der Waals surface area contributed by atoms with Gasteiger partial charge in [-0.2, -0.15) is 0 Å². The zero-order valence-corrected chi connectivity index (χ0v) is 9.47. The van der Waals surface area contributed by atoms with Crippen molar-refractivity contribution in [3.8, 4) is 12.3 Å². The highest BCUT2D eigenvalue weighted by Crippen LogP contribution is 2.32. The lowest BCUT2D eigenvalue weighted by atomic mass is 10.2. The number of pyridine rings is 1. The highest BCUT2D eigenvalue weighted by atomic mass is 16.4. The minimum atomic E-state index is -0.944. The lowest BCUT2D eigenvalue weighted by Crippen LogP contribution is -2.28. The standard InChI is InChI=1S/C13H14N2O2/c1-2-7-15(9-10-3-4-10)12-8-14-6-5-11(12)13(16)17/h1,5-6,8,10H,3-4,7,9H2,(H,16,17). The number of aromatic nitrogens is 1. The van der Waals surface area contributed by atoms with Gasteiger partial charge in [0.2, 0.25) is 0 Å². The number of terminal acetylenes is 1. The molecule has 1 fully saturated rings. The number of rotatable bonds is 5. The van der Waals surface area contributed by atoms with Crippen LogP contribution in [0.5, 0.6) is 0 Å². The van der Waals surface area contributed by atoms with Crippen molar-refractivity contribution >= 4 is 11.7 Å². The first kappa shape index (κ1) is 11.5. The number of hydrogen-bond donors (Lipinski definition) is 1. The molecule has 17 heavy (non-hydrogen) atoms. The summed E-state index contributed by atoms with van der Waals surface area (Å²) in [5.74, 6) is 2.27. The quantitative estimate of drug-likeness (QED) is 0.781. The van der Waals surface area contributed by atoms with Gasteiger partial charge in [-0.15, -0.1) is 6.42 Å². The van der Waals surface area contributed by atoms with Crippen molar-refractivity contribution in [3.05, 3.63) is 24.0 Å². The van der Waals surface area contributed by atoms with E-state index in [9.17, 15) is 4.79 Å². The van der Waals surface area contributed by atoms with E-state index in [4.69, 9.17) is 11.5 Å². The maximum Gasteiger partial charge on any atom is 0.337 e. The van der Waals surface area contributed by atoms with Crippen LogP contribution >= 0.6 is 0 Å². The number of aromatic carboxylic acids is 1. The van der Waals surface area contributed by atoms with Gasteiger partial charge in [0.05, 0.1) is 24.0 Å². The summed E-state index contributed by atoms with van der Waals surface area (Å²) in [5, 5.41) is 9.13. The molecule has 0 saturated heterocycles. The zero-order chi connectivity index (χ0) is 12.3. The predicted molar refractivity (Wildman–Crippen MR) is 65.0 cm³/mol. The van der Waals surface area contributed by atoms with Crippen LogP contribution in [0.2, 0.25) is 0 Å². The lowest BCUT2D eigenvalue weighted by Gasteiger charge is -2.23. The Morgan fingerprint density at radius 2 is 2.41 bits per heavy atom. The molecule has 88 valence electrons. The van der Waals surface area contributed by atoms with E-state index in [2.05, 4.69) is 10.9 Å². The summed E-state index contributed by atoms with van der Waals surface area (Å²) in [6.45, 7) is 1.23. The van der Waals surface area contributed by atoms with E-state index in [-0.39, 0.29) is 5.56 Å². The Balaban J connectivity index is 2.27. The molecule has 1 aliphatic rings. The SMILES string of the molecule is C#CCN(CC1CC1)c1cnccc1C(=O)O. The van der Waals surface area contributed by atoms with Crippen LogP contribution in [0.15, 0.2) is 18.5 Å². The van der Waals surface area contributed by atoms with Gasteiger partial charge in [-0.1, -0.05) is 5.92 Å². The molecule has 1 heterocycles. The fourth-order valence-corrected chi connectivity index (χ4v) is 1.79. The van der Waals surface area contributed by atoms with Crippen molar-refractivity contribution in [1.29, 1.82) is 0 Å². The maximum atomic E-state index is 11.1. The smallest absolute Gasteiger partial charge is 0.337 e. The van der Waals surface area contributed by atoms with Crippen LogP contribution in [0.25, 0.3) is 0 Å². The van der Waals surface area contributed by atoms with Crippen LogP contribution in [0.4, 0.5) is 5.69 Å². The molecule has 0 aliphatic heterocycles. The lowest BCUT2D eigenvalue weighted by molar-refractivity contribution is 0.0697. The van der Waals surface area contributed by atoms with E-state index in [0.29, 0.717) is 18.2 Å². The minimum Gasteiger partial charge on any atom is -0.478 e. The highest BCUT2D eigenvalue weighted by molar-refractivity contribution is 5.94. The van der Waals surface area contributed by atoms with Gasteiger partial charge < -0.3 is 10.0 Å². The van der Waals surface area contributed by atoms with Crippen molar-refractivity contribution < 1.29 is 9.90 Å². The number of nitrogens with zero attached hydrogens (tertiary/aromatic N) is 2. The van der Waals surface area contributed by atoms with E-state index < -0.39 is 5.97 Å². The average Bonchev–Trinajstić information content (AvgIpc) is 3.12. The van der Waals surface area contributed by atoms with Crippen molar-refractivity contribution in [2.75, 3.05) is 18.0 Å². The molecule has 1 aliphatic carbocycles. The summed E-state index contributed by atoms with van der Waals surface area (Å²) in [5.41, 5.74) is 0.876. The van der Waals surface area contributed by atoms with E-state index in [1.165, 1.54) is 25.1 Å². The predicted octanol–water partition coefficient (Wildman–Crippen LogP) is 1.63. The van der Waals surface area contributed by atoms with Crippen LogP contribution in [0, 0.1) is 18.3 Å². The summed E-state index contributed by atoms with van der Waals surface area (Å²) in [7, 11) is 0. The first-order valence-corrected chi connectivity index (χ1v) is 5.58. The largest absolute Gasteiger partial charge is 0.478 e. The van der Waals surface area contributed by atoms with Crippen molar-refractivity contribution in [2.24, 2.45) is 5.92 Å². The van der Waals surface area contributed by atoms with Crippen molar-refractivity contribution in [3.63, 3.8) is 0 Å². The normalized spacial score (nSPS) is 14.1. The van der Waals surface area contributed by atoms with Crippen molar-refractivity contribution in [1.82, 2.24) is 4.98 Å². The summed E-state index contributed by atoms with van der Waals surface area (Å²) in [4.78, 5) is 17.0. The molecule has 1 N–H and O–H groups in total. The molecule has 0 amide bonds. The molecule has 4 nitrogen and oxygen atoms in total. The van der Waals surface area contributed by atoms with Gasteiger partial charge in [0.15, 0.2) is 0 Å². The average molecular weight is 230 g/mol. The van der Waals surface area contributed by atoms with Crippen molar-refractivity contribution in [2.45, 2.75) is 12.8 Å². The highest BCUT2D eigenvalue weighted by Gasteiger charge is 2.26. The molecule has 2 rings (SSSR count). The summed E-state index contributed by atoms with van der Waals surface area (Å²) >= 11 is 0. The first-order valence-electron chi connectivity index (χ1n) is 5.58. The molecule has 4 heteroatoms. The number of anilines is 1. The monoisotopic (exact) mass is 230 g/mol. The molecule has 0 radical (unpaired) electrons. The van der Waals surface area contributed by atoms with Gasteiger partial charge in [-0.05, 0) is 24.8 Å². The Bertz CT molecular complexity index is 461. The Kier molecular flexibility index (Phi) is 3.29. The van der Waals surface area contributed by atoms with Gasteiger partial charge in [0.25, 0.3) is 0 Å². The zero-order valence-electron chi connectivity index (χ0n) is 9.47. The van der Waals surface area contributed by atoms with Gasteiger partial charge in [-0.3, -0.25) is 4.98 Å².